The molecule has 0 bridgehead atoms. The normalized spacial score (nSPS) is 12.0. The molecule has 0 saturated carbocycles. The first kappa shape index (κ1) is 20.7. The highest BCUT2D eigenvalue weighted by Crippen LogP contribution is 2.21. The summed E-state index contributed by atoms with van der Waals surface area (Å²) >= 11 is 0. The first-order valence-corrected chi connectivity index (χ1v) is 10.8. The fourth-order valence-electron chi connectivity index (χ4n) is 3.01. The molecule has 0 saturated heterocycles. The Kier molecular flexibility index (Phi) is 6.41. The fourth-order valence-corrected chi connectivity index (χ4v) is 4.47. The summed E-state index contributed by atoms with van der Waals surface area (Å²) in [4.78, 5) is 16.8. The van der Waals surface area contributed by atoms with Crippen molar-refractivity contribution in [1.82, 2.24) is 9.29 Å². The van der Waals surface area contributed by atoms with Crippen LogP contribution < -0.4 is 5.32 Å². The van der Waals surface area contributed by atoms with Crippen molar-refractivity contribution in [3.05, 3.63) is 72.4 Å². The Morgan fingerprint density at radius 1 is 1.03 bits per heavy atom. The number of amides is 1. The van der Waals surface area contributed by atoms with Gasteiger partial charge < -0.3 is 5.32 Å². The second kappa shape index (κ2) is 8.98. The maximum Gasteiger partial charge on any atom is 0.248 e. The van der Waals surface area contributed by atoms with Crippen LogP contribution in [0, 0.1) is 0 Å². The van der Waals surface area contributed by atoms with E-state index in [1.165, 1.54) is 10.4 Å². The number of hydrogen-bond acceptors (Lipinski definition) is 4. The molecule has 29 heavy (non-hydrogen) atoms. The van der Waals surface area contributed by atoms with Gasteiger partial charge in [0.2, 0.25) is 15.9 Å². The number of aromatic nitrogens is 1. The molecule has 6 nitrogen and oxygen atoms in total. The Morgan fingerprint density at radius 3 is 2.41 bits per heavy atom. The van der Waals surface area contributed by atoms with E-state index in [9.17, 15) is 13.2 Å². The lowest BCUT2D eigenvalue weighted by molar-refractivity contribution is -0.111. The van der Waals surface area contributed by atoms with Gasteiger partial charge in [-0.15, -0.1) is 0 Å². The largest absolute Gasteiger partial charge is 0.321 e. The van der Waals surface area contributed by atoms with Crippen LogP contribution in [0.25, 0.3) is 17.0 Å². The standard InChI is InChI=1S/C22H23N3O3S/c1-3-25(4-2)29(27,28)19-13-10-17(11-14-19)12-15-21(26)24-20-9-5-7-18-8-6-16-23-22(18)20/h5-16H,3-4H2,1-2H3,(H,24,26)/b15-12+. The van der Waals surface area contributed by atoms with Gasteiger partial charge in [0.1, 0.15) is 0 Å². The number of benzene rings is 2. The lowest BCUT2D eigenvalue weighted by Crippen LogP contribution is -2.30. The summed E-state index contributed by atoms with van der Waals surface area (Å²) in [5, 5.41) is 3.77. The number of nitrogens with one attached hydrogen (secondary N) is 1. The molecule has 0 aliphatic rings. The van der Waals surface area contributed by atoms with Crippen LogP contribution >= 0.6 is 0 Å². The highest BCUT2D eigenvalue weighted by Gasteiger charge is 2.20. The number of para-hydroxylation sites is 1. The maximum absolute atomic E-state index is 12.5. The Labute approximate surface area is 170 Å². The Balaban J connectivity index is 1.72. The van der Waals surface area contributed by atoms with E-state index >= 15 is 0 Å². The van der Waals surface area contributed by atoms with Crippen LogP contribution in [0.1, 0.15) is 19.4 Å². The number of carbonyl (C=O) groups excluding carboxylic acids is 1. The van der Waals surface area contributed by atoms with Gasteiger partial charge in [0.15, 0.2) is 0 Å². The number of rotatable bonds is 7. The number of sulfonamides is 1. The number of anilines is 1. The van der Waals surface area contributed by atoms with Gasteiger partial charge in [-0.05, 0) is 35.9 Å². The molecule has 7 heteroatoms. The van der Waals surface area contributed by atoms with Crippen LogP contribution in [0.5, 0.6) is 0 Å². The monoisotopic (exact) mass is 409 g/mol. The first-order chi connectivity index (χ1) is 14.0. The number of pyridine rings is 1. The molecule has 3 rings (SSSR count). The molecule has 0 fully saturated rings. The SMILES string of the molecule is CCN(CC)S(=O)(=O)c1ccc(/C=C/C(=O)Nc2cccc3cccnc23)cc1. The van der Waals surface area contributed by atoms with Gasteiger partial charge in [-0.1, -0.05) is 44.2 Å². The lowest BCUT2D eigenvalue weighted by Gasteiger charge is -2.18. The second-order valence-corrected chi connectivity index (χ2v) is 8.30. The second-order valence-electron chi connectivity index (χ2n) is 6.36. The Hall–Kier alpha value is -3.03. The van der Waals surface area contributed by atoms with Gasteiger partial charge >= 0.3 is 0 Å². The van der Waals surface area contributed by atoms with E-state index in [4.69, 9.17) is 0 Å². The molecule has 0 aliphatic heterocycles. The predicted molar refractivity (Wildman–Crippen MR) is 116 cm³/mol. The Morgan fingerprint density at radius 2 is 1.72 bits per heavy atom. The maximum atomic E-state index is 12.5. The number of carbonyl (C=O) groups is 1. The van der Waals surface area contributed by atoms with Crippen LogP contribution in [0.3, 0.4) is 0 Å². The van der Waals surface area contributed by atoms with Crippen LogP contribution in [0.4, 0.5) is 5.69 Å². The van der Waals surface area contributed by atoms with Crippen molar-refractivity contribution in [2.75, 3.05) is 18.4 Å². The summed E-state index contributed by atoms with van der Waals surface area (Å²) in [6.45, 7) is 4.46. The van der Waals surface area contributed by atoms with Crippen molar-refractivity contribution in [1.29, 1.82) is 0 Å². The highest BCUT2D eigenvalue weighted by molar-refractivity contribution is 7.89. The highest BCUT2D eigenvalue weighted by atomic mass is 32.2. The molecule has 3 aromatic rings. The molecule has 1 amide bonds. The summed E-state index contributed by atoms with van der Waals surface area (Å²) in [6.07, 6.45) is 4.74. The molecule has 1 N–H and O–H groups in total. The van der Waals surface area contributed by atoms with Crippen LogP contribution in [0.15, 0.2) is 71.8 Å². The molecule has 150 valence electrons. The van der Waals surface area contributed by atoms with Crippen LogP contribution in [-0.2, 0) is 14.8 Å². The molecule has 1 heterocycles. The van der Waals surface area contributed by atoms with Gasteiger partial charge in [-0.2, -0.15) is 4.31 Å². The van der Waals surface area contributed by atoms with Crippen molar-refractivity contribution in [2.45, 2.75) is 18.7 Å². The van der Waals surface area contributed by atoms with Crippen molar-refractivity contribution >= 4 is 38.6 Å². The molecular formula is C22H23N3O3S. The summed E-state index contributed by atoms with van der Waals surface area (Å²) in [7, 11) is -3.49. The van der Waals surface area contributed by atoms with E-state index in [1.54, 1.807) is 42.6 Å². The molecule has 0 spiro atoms. The van der Waals surface area contributed by atoms with Crippen molar-refractivity contribution < 1.29 is 13.2 Å². The predicted octanol–water partition coefficient (Wildman–Crippen LogP) is 3.92. The Bertz CT molecular complexity index is 1130. The van der Waals surface area contributed by atoms with E-state index < -0.39 is 10.0 Å². The molecule has 2 aromatic carbocycles. The zero-order chi connectivity index (χ0) is 20.9. The summed E-state index contributed by atoms with van der Waals surface area (Å²) in [6, 6.07) is 15.8. The van der Waals surface area contributed by atoms with Gasteiger partial charge in [-0.3, -0.25) is 9.78 Å². The van der Waals surface area contributed by atoms with E-state index in [0.717, 1.165) is 16.5 Å². The number of nitrogens with zero attached hydrogens (tertiary/aromatic N) is 2. The fraction of sp³-hybridized carbons (Fsp3) is 0.182. The summed E-state index contributed by atoms with van der Waals surface area (Å²) < 4.78 is 26.4. The minimum absolute atomic E-state index is 0.240. The van der Waals surface area contributed by atoms with Gasteiger partial charge in [0, 0.05) is 30.7 Å². The third-order valence-corrected chi connectivity index (χ3v) is 6.61. The van der Waals surface area contributed by atoms with Crippen LogP contribution in [0.2, 0.25) is 0 Å². The summed E-state index contributed by atoms with van der Waals surface area (Å²) in [5.74, 6) is -0.289. The minimum atomic E-state index is -3.49. The van der Waals surface area contributed by atoms with Gasteiger partial charge in [0.05, 0.1) is 16.1 Å². The zero-order valence-corrected chi connectivity index (χ0v) is 17.2. The van der Waals surface area contributed by atoms with Crippen molar-refractivity contribution in [2.24, 2.45) is 0 Å². The zero-order valence-electron chi connectivity index (χ0n) is 16.4. The van der Waals surface area contributed by atoms with Crippen molar-refractivity contribution in [3.63, 3.8) is 0 Å². The molecule has 0 radical (unpaired) electrons. The quantitative estimate of drug-likeness (QED) is 0.600. The number of fused-ring (bicyclic) bond motifs is 1. The third kappa shape index (κ3) is 4.70. The molecule has 1 aromatic heterocycles. The lowest BCUT2D eigenvalue weighted by atomic mass is 10.2. The smallest absolute Gasteiger partial charge is 0.248 e. The number of hydrogen-bond donors (Lipinski definition) is 1. The minimum Gasteiger partial charge on any atom is -0.321 e. The third-order valence-electron chi connectivity index (χ3n) is 4.54. The van der Waals surface area contributed by atoms with E-state index in [1.807, 2.05) is 38.1 Å². The van der Waals surface area contributed by atoms with E-state index in [0.29, 0.717) is 18.8 Å². The van der Waals surface area contributed by atoms with E-state index in [2.05, 4.69) is 10.3 Å². The van der Waals surface area contributed by atoms with Gasteiger partial charge in [-0.25, -0.2) is 8.42 Å². The first-order valence-electron chi connectivity index (χ1n) is 9.38. The topological polar surface area (TPSA) is 79.4 Å². The van der Waals surface area contributed by atoms with Crippen molar-refractivity contribution in [3.8, 4) is 0 Å². The molecule has 0 unspecified atom stereocenters. The molecule has 0 aliphatic carbocycles. The average Bonchev–Trinajstić information content (AvgIpc) is 2.73. The molecular weight excluding hydrogens is 386 g/mol. The summed E-state index contributed by atoms with van der Waals surface area (Å²) in [5.41, 5.74) is 2.09. The van der Waals surface area contributed by atoms with Gasteiger partial charge in [0.25, 0.3) is 0 Å². The average molecular weight is 410 g/mol. The van der Waals surface area contributed by atoms with E-state index in [-0.39, 0.29) is 10.8 Å². The molecule has 0 atom stereocenters. The van der Waals surface area contributed by atoms with Crippen LogP contribution in [-0.4, -0.2) is 36.7 Å².